The molecule has 1 aliphatic carbocycles. The Balaban J connectivity index is 1.96. The third-order valence-corrected chi connectivity index (χ3v) is 6.15. The van der Waals surface area contributed by atoms with Crippen LogP contribution in [-0.2, 0) is 11.2 Å². The van der Waals surface area contributed by atoms with E-state index in [1.807, 2.05) is 30.3 Å². The van der Waals surface area contributed by atoms with E-state index in [1.54, 1.807) is 21.1 Å². The van der Waals surface area contributed by atoms with E-state index in [-0.39, 0.29) is 11.2 Å². The molecular formula is C26H32O6. The average molecular weight is 441 g/mol. The predicted octanol–water partition coefficient (Wildman–Crippen LogP) is 5.41. The van der Waals surface area contributed by atoms with Gasteiger partial charge in [-0.3, -0.25) is 9.59 Å². The first kappa shape index (κ1) is 23.6. The minimum Gasteiger partial charge on any atom is -0.493 e. The lowest BCUT2D eigenvalue weighted by Gasteiger charge is -2.27. The van der Waals surface area contributed by atoms with Crippen molar-refractivity contribution >= 4 is 11.8 Å². The third kappa shape index (κ3) is 4.90. The molecule has 0 saturated heterocycles. The van der Waals surface area contributed by atoms with Gasteiger partial charge in [-0.25, -0.2) is 0 Å². The molecule has 0 spiro atoms. The Morgan fingerprint density at radius 2 is 1.75 bits per heavy atom. The number of carbonyl (C=O) groups is 2. The summed E-state index contributed by atoms with van der Waals surface area (Å²) in [5.41, 5.74) is 3.37. The summed E-state index contributed by atoms with van der Waals surface area (Å²) in [5.74, 6) is 0.609. The summed E-state index contributed by atoms with van der Waals surface area (Å²) in [6, 6.07) is 9.56. The average Bonchev–Trinajstić information content (AvgIpc) is 3.16. The van der Waals surface area contributed by atoms with Crippen LogP contribution in [0.25, 0.3) is 11.1 Å². The van der Waals surface area contributed by atoms with Gasteiger partial charge in [-0.2, -0.15) is 0 Å². The number of Topliss-reactive ketones (excluding diaryl/α,β-unsaturated/α-hetero) is 1. The van der Waals surface area contributed by atoms with Crippen molar-refractivity contribution in [1.82, 2.24) is 0 Å². The fourth-order valence-corrected chi connectivity index (χ4v) is 4.07. The molecule has 6 heteroatoms. The SMILES string of the molecule is COc1ccc(-c2cccc3c2CCC3=O)c(OCC(C)(C)CCC(C)C(=O)O)c1OC. The van der Waals surface area contributed by atoms with E-state index in [0.717, 1.165) is 22.3 Å². The number of hydrogen-bond acceptors (Lipinski definition) is 5. The molecule has 0 saturated carbocycles. The Hall–Kier alpha value is -3.02. The number of ketones is 1. The molecule has 2 aromatic carbocycles. The van der Waals surface area contributed by atoms with Crippen molar-refractivity contribution in [1.29, 1.82) is 0 Å². The predicted molar refractivity (Wildman–Crippen MR) is 123 cm³/mol. The van der Waals surface area contributed by atoms with E-state index >= 15 is 0 Å². The van der Waals surface area contributed by atoms with Crippen molar-refractivity contribution in [3.63, 3.8) is 0 Å². The van der Waals surface area contributed by atoms with Crippen LogP contribution in [0.5, 0.6) is 17.2 Å². The van der Waals surface area contributed by atoms with E-state index in [1.165, 1.54) is 0 Å². The Labute approximate surface area is 189 Å². The molecule has 0 radical (unpaired) electrons. The van der Waals surface area contributed by atoms with Gasteiger partial charge in [0.25, 0.3) is 0 Å². The van der Waals surface area contributed by atoms with Gasteiger partial charge in [0, 0.05) is 17.5 Å². The lowest BCUT2D eigenvalue weighted by Crippen LogP contribution is -2.24. The van der Waals surface area contributed by atoms with Gasteiger partial charge in [-0.15, -0.1) is 0 Å². The minimum absolute atomic E-state index is 0.165. The van der Waals surface area contributed by atoms with Crippen LogP contribution in [0.3, 0.4) is 0 Å². The fraction of sp³-hybridized carbons (Fsp3) is 0.462. The quantitative estimate of drug-likeness (QED) is 0.532. The van der Waals surface area contributed by atoms with Gasteiger partial charge < -0.3 is 19.3 Å². The molecule has 1 aliphatic rings. The number of rotatable bonds is 10. The van der Waals surface area contributed by atoms with Gasteiger partial charge in [-0.1, -0.05) is 39.0 Å². The molecule has 0 aliphatic heterocycles. The smallest absolute Gasteiger partial charge is 0.306 e. The Bertz CT molecular complexity index is 1010. The Morgan fingerprint density at radius 1 is 1.03 bits per heavy atom. The van der Waals surface area contributed by atoms with Gasteiger partial charge in [0.15, 0.2) is 17.3 Å². The highest BCUT2D eigenvalue weighted by molar-refractivity contribution is 6.02. The van der Waals surface area contributed by atoms with Crippen LogP contribution in [0.15, 0.2) is 30.3 Å². The van der Waals surface area contributed by atoms with Crippen LogP contribution in [0, 0.1) is 11.3 Å². The van der Waals surface area contributed by atoms with E-state index in [4.69, 9.17) is 14.2 Å². The zero-order valence-electron chi connectivity index (χ0n) is 19.5. The van der Waals surface area contributed by atoms with Crippen molar-refractivity contribution in [2.75, 3.05) is 20.8 Å². The van der Waals surface area contributed by atoms with Crippen LogP contribution in [0.1, 0.15) is 56.0 Å². The van der Waals surface area contributed by atoms with Gasteiger partial charge in [-0.05, 0) is 47.9 Å². The van der Waals surface area contributed by atoms with Crippen LogP contribution < -0.4 is 14.2 Å². The topological polar surface area (TPSA) is 82.1 Å². The number of aliphatic carboxylic acids is 1. The maximum Gasteiger partial charge on any atom is 0.306 e. The van der Waals surface area contributed by atoms with Crippen molar-refractivity contribution in [2.24, 2.45) is 11.3 Å². The molecule has 3 rings (SSSR count). The summed E-state index contributed by atoms with van der Waals surface area (Å²) in [6.45, 7) is 6.23. The summed E-state index contributed by atoms with van der Waals surface area (Å²) >= 11 is 0. The van der Waals surface area contributed by atoms with Gasteiger partial charge in [0.2, 0.25) is 5.75 Å². The molecule has 172 valence electrons. The number of carboxylic acids is 1. The molecule has 0 heterocycles. The van der Waals surface area contributed by atoms with E-state index in [2.05, 4.69) is 13.8 Å². The molecule has 6 nitrogen and oxygen atoms in total. The normalized spacial score (nSPS) is 14.1. The lowest BCUT2D eigenvalue weighted by molar-refractivity contribution is -0.141. The molecule has 2 aromatic rings. The summed E-state index contributed by atoms with van der Waals surface area (Å²) in [4.78, 5) is 23.5. The van der Waals surface area contributed by atoms with Crippen LogP contribution in [0.2, 0.25) is 0 Å². The largest absolute Gasteiger partial charge is 0.493 e. The van der Waals surface area contributed by atoms with Gasteiger partial charge >= 0.3 is 5.97 Å². The minimum atomic E-state index is -0.786. The zero-order chi connectivity index (χ0) is 23.5. The highest BCUT2D eigenvalue weighted by Gasteiger charge is 2.28. The highest BCUT2D eigenvalue weighted by Crippen LogP contribution is 2.47. The summed E-state index contributed by atoms with van der Waals surface area (Å²) in [7, 11) is 3.16. The number of fused-ring (bicyclic) bond motifs is 1. The monoisotopic (exact) mass is 440 g/mol. The number of ether oxygens (including phenoxy) is 3. The maximum atomic E-state index is 12.3. The number of carbonyl (C=O) groups excluding carboxylic acids is 1. The molecule has 0 fully saturated rings. The molecule has 0 aromatic heterocycles. The van der Waals surface area contributed by atoms with Crippen molar-refractivity contribution in [3.05, 3.63) is 41.5 Å². The second-order valence-electron chi connectivity index (χ2n) is 9.16. The van der Waals surface area contributed by atoms with Crippen LogP contribution in [0.4, 0.5) is 0 Å². The first-order chi connectivity index (χ1) is 15.2. The van der Waals surface area contributed by atoms with Crippen molar-refractivity contribution < 1.29 is 28.9 Å². The second kappa shape index (κ2) is 9.63. The molecule has 0 bridgehead atoms. The van der Waals surface area contributed by atoms with Gasteiger partial charge in [0.1, 0.15) is 0 Å². The fourth-order valence-electron chi connectivity index (χ4n) is 4.07. The molecule has 1 N–H and O–H groups in total. The zero-order valence-corrected chi connectivity index (χ0v) is 19.5. The summed E-state index contributed by atoms with van der Waals surface area (Å²) in [6.07, 6.45) is 2.50. The lowest BCUT2D eigenvalue weighted by atomic mass is 9.86. The van der Waals surface area contributed by atoms with Crippen molar-refractivity contribution in [3.8, 4) is 28.4 Å². The molecule has 0 amide bonds. The molecular weight excluding hydrogens is 408 g/mol. The number of methoxy groups -OCH3 is 2. The van der Waals surface area contributed by atoms with E-state index < -0.39 is 11.9 Å². The number of benzene rings is 2. The number of carboxylic acid groups (broad SMARTS) is 1. The van der Waals surface area contributed by atoms with Crippen LogP contribution >= 0.6 is 0 Å². The maximum absolute atomic E-state index is 12.3. The first-order valence-electron chi connectivity index (χ1n) is 10.9. The van der Waals surface area contributed by atoms with Crippen molar-refractivity contribution in [2.45, 2.75) is 46.5 Å². The van der Waals surface area contributed by atoms with Gasteiger partial charge in [0.05, 0.1) is 26.7 Å². The number of hydrogen-bond donors (Lipinski definition) is 1. The highest BCUT2D eigenvalue weighted by atomic mass is 16.5. The molecule has 32 heavy (non-hydrogen) atoms. The van der Waals surface area contributed by atoms with E-state index in [9.17, 15) is 14.7 Å². The summed E-state index contributed by atoms with van der Waals surface area (Å²) in [5, 5.41) is 9.19. The Kier molecular flexibility index (Phi) is 7.12. The third-order valence-electron chi connectivity index (χ3n) is 6.15. The molecule has 1 unspecified atom stereocenters. The standard InChI is InChI=1S/C26H32O6/c1-16(25(28)29)13-14-26(2,3)15-32-23-20(10-12-22(30-4)24(23)31-5)17-7-6-8-19-18(17)9-11-21(19)27/h6-8,10,12,16H,9,11,13-15H2,1-5H3,(H,28,29). The first-order valence-corrected chi connectivity index (χ1v) is 10.9. The second-order valence-corrected chi connectivity index (χ2v) is 9.16. The summed E-state index contributed by atoms with van der Waals surface area (Å²) < 4.78 is 17.5. The Morgan fingerprint density at radius 3 is 2.41 bits per heavy atom. The van der Waals surface area contributed by atoms with Crippen LogP contribution in [-0.4, -0.2) is 37.7 Å². The molecule has 1 atom stereocenters. The van der Waals surface area contributed by atoms with E-state index in [0.29, 0.717) is 49.5 Å².